The van der Waals surface area contributed by atoms with E-state index in [1.165, 1.54) is 23.2 Å². The van der Waals surface area contributed by atoms with Gasteiger partial charge in [0.25, 0.3) is 5.91 Å². The zero-order valence-corrected chi connectivity index (χ0v) is 13.6. The molecule has 3 rings (SSSR count). The molecule has 6 heteroatoms. The number of ketones is 1. The van der Waals surface area contributed by atoms with Gasteiger partial charge in [0.1, 0.15) is 0 Å². The van der Waals surface area contributed by atoms with Crippen LogP contribution in [0.1, 0.15) is 42.5 Å². The lowest BCUT2D eigenvalue weighted by Gasteiger charge is -2.26. The number of Topliss-reactive ketones (excluding diaryl/α,β-unsaturated/α-hetero) is 1. The fraction of sp³-hybridized carbons (Fsp3) is 0.263. The summed E-state index contributed by atoms with van der Waals surface area (Å²) in [6, 6.07) is 3.02. The number of benzene rings is 1. The molecule has 0 bridgehead atoms. The van der Waals surface area contributed by atoms with Gasteiger partial charge in [-0.3, -0.25) is 14.5 Å². The Hall–Kier alpha value is -2.76. The summed E-state index contributed by atoms with van der Waals surface area (Å²) in [6.45, 7) is 0. The Balaban J connectivity index is 1.98. The van der Waals surface area contributed by atoms with Crippen LogP contribution in [0.2, 0.25) is 0 Å². The first-order chi connectivity index (χ1) is 12.0. The van der Waals surface area contributed by atoms with Crippen LogP contribution in [-0.2, 0) is 4.79 Å². The Labute approximate surface area is 144 Å². The number of halogens is 2. The van der Waals surface area contributed by atoms with Gasteiger partial charge in [0, 0.05) is 34.8 Å². The predicted molar refractivity (Wildman–Crippen MR) is 89.1 cm³/mol. The third-order valence-electron chi connectivity index (χ3n) is 4.37. The summed E-state index contributed by atoms with van der Waals surface area (Å²) >= 11 is 0. The maximum atomic E-state index is 13.4. The molecule has 0 saturated heterocycles. The molecule has 1 aromatic rings. The number of carbonyl (C=O) groups is 2. The van der Waals surface area contributed by atoms with Crippen LogP contribution in [0.3, 0.4) is 0 Å². The van der Waals surface area contributed by atoms with Crippen LogP contribution in [0, 0.1) is 11.6 Å². The van der Waals surface area contributed by atoms with Crippen LogP contribution in [0.5, 0.6) is 0 Å². The van der Waals surface area contributed by atoms with E-state index < -0.39 is 17.4 Å². The molecule has 2 N–H and O–H groups in total. The van der Waals surface area contributed by atoms with Gasteiger partial charge in [0.2, 0.25) is 0 Å². The second-order valence-electron chi connectivity index (χ2n) is 6.11. The predicted octanol–water partition coefficient (Wildman–Crippen LogP) is 3.56. The standard InChI is InChI=1S/C19H18F2N2O2/c20-14-9-8-12(10-15(14)21)19(25)13-4-3-7-18(24)23(11-13)17-6-2-1-5-16(17)22/h3,7-11H,1-2,4-6,22H2. The Morgan fingerprint density at radius 1 is 1.12 bits per heavy atom. The highest BCUT2D eigenvalue weighted by molar-refractivity contribution is 6.09. The first-order valence-electron chi connectivity index (χ1n) is 8.15. The van der Waals surface area contributed by atoms with Crippen LogP contribution in [0.15, 0.2) is 53.5 Å². The molecule has 1 aliphatic heterocycles. The van der Waals surface area contributed by atoms with Crippen LogP contribution >= 0.6 is 0 Å². The fourth-order valence-electron chi connectivity index (χ4n) is 3.01. The van der Waals surface area contributed by atoms with Crippen molar-refractivity contribution in [1.82, 2.24) is 4.90 Å². The lowest BCUT2D eigenvalue weighted by atomic mass is 9.99. The molecular formula is C19H18F2N2O2. The monoisotopic (exact) mass is 344 g/mol. The molecule has 0 unspecified atom stereocenters. The molecule has 1 aromatic carbocycles. The van der Waals surface area contributed by atoms with E-state index in [1.54, 1.807) is 6.08 Å². The second kappa shape index (κ2) is 7.01. The smallest absolute Gasteiger partial charge is 0.254 e. The van der Waals surface area contributed by atoms with Gasteiger partial charge in [-0.1, -0.05) is 6.08 Å². The van der Waals surface area contributed by atoms with Crippen molar-refractivity contribution >= 4 is 11.7 Å². The van der Waals surface area contributed by atoms with Gasteiger partial charge in [-0.05, 0) is 50.3 Å². The average molecular weight is 344 g/mol. The second-order valence-corrected chi connectivity index (χ2v) is 6.11. The highest BCUT2D eigenvalue weighted by atomic mass is 19.2. The quantitative estimate of drug-likeness (QED) is 0.853. The van der Waals surface area contributed by atoms with E-state index in [4.69, 9.17) is 5.73 Å². The topological polar surface area (TPSA) is 63.4 Å². The van der Waals surface area contributed by atoms with Crippen LogP contribution in [0.25, 0.3) is 0 Å². The van der Waals surface area contributed by atoms with Crippen molar-refractivity contribution in [3.63, 3.8) is 0 Å². The molecule has 2 aliphatic rings. The number of rotatable bonds is 3. The lowest BCUT2D eigenvalue weighted by Crippen LogP contribution is -2.28. The molecule has 0 spiro atoms. The summed E-state index contributed by atoms with van der Waals surface area (Å²) in [5.74, 6) is -2.81. The number of nitrogens with two attached hydrogens (primary N) is 1. The Kier molecular flexibility index (Phi) is 4.79. The Bertz CT molecular complexity index is 825. The van der Waals surface area contributed by atoms with Crippen LogP contribution in [0.4, 0.5) is 8.78 Å². The Morgan fingerprint density at radius 2 is 1.88 bits per heavy atom. The molecule has 0 saturated carbocycles. The van der Waals surface area contributed by atoms with Gasteiger partial charge in [0.05, 0.1) is 0 Å². The van der Waals surface area contributed by atoms with Gasteiger partial charge in [-0.25, -0.2) is 8.78 Å². The molecule has 0 atom stereocenters. The van der Waals surface area contributed by atoms with Crippen molar-refractivity contribution in [1.29, 1.82) is 0 Å². The minimum absolute atomic E-state index is 0.0402. The summed E-state index contributed by atoms with van der Waals surface area (Å²) in [5.41, 5.74) is 7.76. The molecule has 0 radical (unpaired) electrons. The molecule has 0 fully saturated rings. The first kappa shape index (κ1) is 17.1. The first-order valence-corrected chi connectivity index (χ1v) is 8.15. The minimum Gasteiger partial charge on any atom is -0.401 e. The molecular weight excluding hydrogens is 326 g/mol. The van der Waals surface area contributed by atoms with Crippen molar-refractivity contribution in [3.05, 3.63) is 70.7 Å². The van der Waals surface area contributed by atoms with Gasteiger partial charge >= 0.3 is 0 Å². The molecule has 0 aromatic heterocycles. The van der Waals surface area contributed by atoms with Gasteiger partial charge in [-0.2, -0.15) is 0 Å². The van der Waals surface area contributed by atoms with Gasteiger partial charge in [0.15, 0.2) is 17.4 Å². The molecule has 25 heavy (non-hydrogen) atoms. The summed E-state index contributed by atoms with van der Waals surface area (Å²) in [5, 5.41) is 0. The largest absolute Gasteiger partial charge is 0.401 e. The summed E-state index contributed by atoms with van der Waals surface area (Å²) in [4.78, 5) is 26.4. The minimum atomic E-state index is -1.08. The third-order valence-corrected chi connectivity index (χ3v) is 4.37. The summed E-state index contributed by atoms with van der Waals surface area (Å²) in [6.07, 6.45) is 7.95. The van der Waals surface area contributed by atoms with Gasteiger partial charge < -0.3 is 5.73 Å². The van der Waals surface area contributed by atoms with E-state index in [-0.39, 0.29) is 17.9 Å². The molecule has 130 valence electrons. The SMILES string of the molecule is NC1=C(N2C=C(C(=O)c3ccc(F)c(F)c3)CC=CC2=O)CCCC1. The maximum Gasteiger partial charge on any atom is 0.254 e. The van der Waals surface area contributed by atoms with Crippen molar-refractivity contribution in [2.45, 2.75) is 32.1 Å². The number of carbonyl (C=O) groups excluding carboxylic acids is 2. The number of allylic oxidation sites excluding steroid dienone is 4. The maximum absolute atomic E-state index is 13.4. The number of hydrogen-bond donors (Lipinski definition) is 1. The van der Waals surface area contributed by atoms with Crippen molar-refractivity contribution in [2.75, 3.05) is 0 Å². The van der Waals surface area contributed by atoms with Crippen LogP contribution < -0.4 is 5.73 Å². The molecule has 1 amide bonds. The number of hydrogen-bond acceptors (Lipinski definition) is 3. The highest BCUT2D eigenvalue weighted by Gasteiger charge is 2.24. The third kappa shape index (κ3) is 3.52. The zero-order valence-electron chi connectivity index (χ0n) is 13.6. The molecule has 1 heterocycles. The van der Waals surface area contributed by atoms with E-state index in [0.717, 1.165) is 25.0 Å². The number of nitrogens with zero attached hydrogens (tertiary/aromatic N) is 1. The summed E-state index contributed by atoms with van der Waals surface area (Å²) < 4.78 is 26.5. The highest BCUT2D eigenvalue weighted by Crippen LogP contribution is 2.28. The van der Waals surface area contributed by atoms with Crippen molar-refractivity contribution < 1.29 is 18.4 Å². The summed E-state index contributed by atoms with van der Waals surface area (Å²) in [7, 11) is 0. The Morgan fingerprint density at radius 3 is 2.60 bits per heavy atom. The van der Waals surface area contributed by atoms with Crippen molar-refractivity contribution in [3.8, 4) is 0 Å². The van der Waals surface area contributed by atoms with Crippen LogP contribution in [-0.4, -0.2) is 16.6 Å². The number of amides is 1. The normalized spacial score (nSPS) is 18.2. The van der Waals surface area contributed by atoms with E-state index in [9.17, 15) is 18.4 Å². The zero-order chi connectivity index (χ0) is 18.0. The van der Waals surface area contributed by atoms with E-state index in [0.29, 0.717) is 29.8 Å². The van der Waals surface area contributed by atoms with E-state index in [2.05, 4.69) is 0 Å². The molecule has 4 nitrogen and oxygen atoms in total. The van der Waals surface area contributed by atoms with Gasteiger partial charge in [-0.15, -0.1) is 0 Å². The average Bonchev–Trinajstić information content (AvgIpc) is 2.79. The molecule has 1 aliphatic carbocycles. The van der Waals surface area contributed by atoms with E-state index in [1.807, 2.05) is 0 Å². The van der Waals surface area contributed by atoms with E-state index >= 15 is 0 Å². The lowest BCUT2D eigenvalue weighted by molar-refractivity contribution is -0.122. The van der Waals surface area contributed by atoms with Crippen molar-refractivity contribution in [2.24, 2.45) is 5.73 Å². The fourth-order valence-corrected chi connectivity index (χ4v) is 3.01.